The van der Waals surface area contributed by atoms with Crippen LogP contribution in [0.2, 0.25) is 5.02 Å². The lowest BCUT2D eigenvalue weighted by atomic mass is 10.2. The minimum Gasteiger partial charge on any atom is -0.352 e. The topological polar surface area (TPSA) is 49.4 Å². The third-order valence-electron chi connectivity index (χ3n) is 4.51. The van der Waals surface area contributed by atoms with Crippen LogP contribution >= 0.6 is 23.4 Å². The van der Waals surface area contributed by atoms with Gasteiger partial charge in [-0.05, 0) is 60.9 Å². The highest BCUT2D eigenvalue weighted by atomic mass is 35.5. The summed E-state index contributed by atoms with van der Waals surface area (Å²) < 4.78 is 13.0. The molecule has 1 saturated heterocycles. The highest BCUT2D eigenvalue weighted by Crippen LogP contribution is 2.31. The van der Waals surface area contributed by atoms with Gasteiger partial charge in [0.05, 0.1) is 0 Å². The van der Waals surface area contributed by atoms with Crippen molar-refractivity contribution in [2.24, 2.45) is 0 Å². The summed E-state index contributed by atoms with van der Waals surface area (Å²) in [6, 6.07) is 11.8. The van der Waals surface area contributed by atoms with E-state index in [2.05, 4.69) is 5.32 Å². The number of nitrogens with zero attached hydrogens (tertiary/aromatic N) is 1. The molecule has 1 N–H and O–H groups in total. The molecule has 4 nitrogen and oxygen atoms in total. The smallest absolute Gasteiger partial charge is 0.244 e. The van der Waals surface area contributed by atoms with Crippen molar-refractivity contribution in [1.29, 1.82) is 0 Å². The number of hydrogen-bond donors (Lipinski definition) is 1. The molecule has 29 heavy (non-hydrogen) atoms. The highest BCUT2D eigenvalue weighted by molar-refractivity contribution is 7.99. The molecule has 0 unspecified atom stereocenters. The lowest BCUT2D eigenvalue weighted by Crippen LogP contribution is -2.29. The van der Waals surface area contributed by atoms with Gasteiger partial charge in [-0.25, -0.2) is 4.39 Å². The van der Waals surface area contributed by atoms with E-state index in [9.17, 15) is 14.0 Å². The number of halogens is 2. The molecule has 0 bridgehead atoms. The number of rotatable bonds is 8. The average molecular weight is 433 g/mol. The van der Waals surface area contributed by atoms with Gasteiger partial charge in [-0.1, -0.05) is 29.4 Å². The maximum absolute atomic E-state index is 13.0. The number of likely N-dealkylation sites (tertiary alicyclic amines) is 1. The van der Waals surface area contributed by atoms with E-state index >= 15 is 0 Å². The molecular formula is C22H22ClFN2O2S. The Morgan fingerprint density at radius 1 is 1.21 bits per heavy atom. The van der Waals surface area contributed by atoms with E-state index in [4.69, 9.17) is 11.6 Å². The molecule has 2 aromatic carbocycles. The Labute approximate surface area is 179 Å². The maximum Gasteiger partial charge on any atom is 0.244 e. The van der Waals surface area contributed by atoms with Crippen LogP contribution in [0, 0.1) is 5.82 Å². The fourth-order valence-electron chi connectivity index (χ4n) is 2.99. The van der Waals surface area contributed by atoms with E-state index in [1.807, 2.05) is 23.1 Å². The molecule has 152 valence electrons. The monoisotopic (exact) mass is 432 g/mol. The van der Waals surface area contributed by atoms with Crippen LogP contribution in [-0.2, 0) is 9.59 Å². The molecule has 1 heterocycles. The molecule has 1 fully saturated rings. The molecule has 2 aromatic rings. The fourth-order valence-corrected chi connectivity index (χ4v) is 4.16. The zero-order valence-electron chi connectivity index (χ0n) is 15.9. The second-order valence-corrected chi connectivity index (χ2v) is 8.26. The summed E-state index contributed by atoms with van der Waals surface area (Å²) in [5.41, 5.74) is 0.743. The fraction of sp³-hybridized carbons (Fsp3) is 0.273. The van der Waals surface area contributed by atoms with Gasteiger partial charge in [0, 0.05) is 46.9 Å². The van der Waals surface area contributed by atoms with Crippen molar-refractivity contribution in [1.82, 2.24) is 10.2 Å². The van der Waals surface area contributed by atoms with Gasteiger partial charge in [-0.2, -0.15) is 0 Å². The molecule has 1 aliphatic rings. The minimum atomic E-state index is -0.268. The van der Waals surface area contributed by atoms with Gasteiger partial charge in [0.15, 0.2) is 0 Å². The lowest BCUT2D eigenvalue weighted by molar-refractivity contribution is -0.127. The van der Waals surface area contributed by atoms with E-state index in [0.29, 0.717) is 24.5 Å². The first kappa shape index (κ1) is 21.4. The van der Waals surface area contributed by atoms with Crippen molar-refractivity contribution >= 4 is 41.3 Å². The highest BCUT2D eigenvalue weighted by Gasteiger charge is 2.18. The van der Waals surface area contributed by atoms with E-state index < -0.39 is 0 Å². The van der Waals surface area contributed by atoms with E-state index in [1.165, 1.54) is 30.0 Å². The summed E-state index contributed by atoms with van der Waals surface area (Å²) in [4.78, 5) is 27.2. The summed E-state index contributed by atoms with van der Waals surface area (Å²) >= 11 is 7.81. The third kappa shape index (κ3) is 6.61. The summed E-state index contributed by atoms with van der Waals surface area (Å²) in [5.74, 6) is -0.263. The Balaban J connectivity index is 1.46. The number of amides is 2. The average Bonchev–Trinajstić information content (AvgIpc) is 3.11. The van der Waals surface area contributed by atoms with Crippen LogP contribution in [0.4, 0.5) is 4.39 Å². The first-order valence-electron chi connectivity index (χ1n) is 9.48. The molecule has 1 aliphatic heterocycles. The van der Waals surface area contributed by atoms with Crippen LogP contribution in [-0.4, -0.2) is 36.3 Å². The molecule has 0 aliphatic carbocycles. The zero-order valence-corrected chi connectivity index (χ0v) is 17.4. The molecule has 2 amide bonds. The van der Waals surface area contributed by atoms with Gasteiger partial charge in [-0.15, -0.1) is 0 Å². The standard InChI is InChI=1S/C22H22ClFN2O2S/c23-20-15-19(29-18-9-6-17(24)7-10-18)8-4-16(20)5-11-21(27)25-12-2-14-26-13-1-3-22(26)28/h4-11,15H,1-3,12-14H2,(H,25,27)/b11-5+. The van der Waals surface area contributed by atoms with E-state index in [1.54, 1.807) is 18.2 Å². The largest absolute Gasteiger partial charge is 0.352 e. The number of hydrogen-bond acceptors (Lipinski definition) is 3. The maximum atomic E-state index is 13.0. The van der Waals surface area contributed by atoms with Crippen LogP contribution in [0.5, 0.6) is 0 Å². The molecule has 0 saturated carbocycles. The van der Waals surface area contributed by atoms with Crippen molar-refractivity contribution in [3.63, 3.8) is 0 Å². The van der Waals surface area contributed by atoms with Gasteiger partial charge in [-0.3, -0.25) is 9.59 Å². The first-order chi connectivity index (χ1) is 14.0. The van der Waals surface area contributed by atoms with Crippen molar-refractivity contribution in [2.45, 2.75) is 29.1 Å². The lowest BCUT2D eigenvalue weighted by Gasteiger charge is -2.14. The van der Waals surface area contributed by atoms with Crippen molar-refractivity contribution in [3.8, 4) is 0 Å². The summed E-state index contributed by atoms with van der Waals surface area (Å²) in [5, 5.41) is 3.35. The van der Waals surface area contributed by atoms with Crippen LogP contribution in [0.3, 0.4) is 0 Å². The Bertz CT molecular complexity index is 902. The third-order valence-corrected chi connectivity index (χ3v) is 5.84. The molecular weight excluding hydrogens is 411 g/mol. The van der Waals surface area contributed by atoms with Crippen LogP contribution in [0.15, 0.2) is 58.3 Å². The molecule has 0 radical (unpaired) electrons. The first-order valence-corrected chi connectivity index (χ1v) is 10.7. The molecule has 3 rings (SSSR count). The molecule has 7 heteroatoms. The Hall–Kier alpha value is -2.31. The summed E-state index contributed by atoms with van der Waals surface area (Å²) in [6.07, 6.45) is 5.43. The second kappa shape index (κ2) is 10.5. The van der Waals surface area contributed by atoms with Gasteiger partial charge in [0.1, 0.15) is 5.82 Å². The number of carbonyl (C=O) groups is 2. The van der Waals surface area contributed by atoms with Crippen LogP contribution in [0.1, 0.15) is 24.8 Å². The number of nitrogens with one attached hydrogen (secondary N) is 1. The van der Waals surface area contributed by atoms with Gasteiger partial charge in [0.2, 0.25) is 11.8 Å². The zero-order chi connectivity index (χ0) is 20.6. The quantitative estimate of drug-likeness (QED) is 0.482. The molecule has 0 aromatic heterocycles. The summed E-state index contributed by atoms with van der Waals surface area (Å²) in [7, 11) is 0. The van der Waals surface area contributed by atoms with Gasteiger partial charge < -0.3 is 10.2 Å². The van der Waals surface area contributed by atoms with Crippen molar-refractivity contribution in [2.75, 3.05) is 19.6 Å². The van der Waals surface area contributed by atoms with Crippen LogP contribution < -0.4 is 5.32 Å². The SMILES string of the molecule is O=C(/C=C/c1ccc(Sc2ccc(F)cc2)cc1Cl)NCCCN1CCCC1=O. The van der Waals surface area contributed by atoms with Crippen molar-refractivity contribution in [3.05, 3.63) is 64.9 Å². The Kier molecular flexibility index (Phi) is 7.72. The number of benzene rings is 2. The Morgan fingerprint density at radius 3 is 2.66 bits per heavy atom. The van der Waals surface area contributed by atoms with Gasteiger partial charge in [0.25, 0.3) is 0 Å². The summed E-state index contributed by atoms with van der Waals surface area (Å²) in [6.45, 7) is 2.02. The van der Waals surface area contributed by atoms with E-state index in [-0.39, 0.29) is 17.6 Å². The van der Waals surface area contributed by atoms with Gasteiger partial charge >= 0.3 is 0 Å². The predicted molar refractivity (Wildman–Crippen MR) is 114 cm³/mol. The minimum absolute atomic E-state index is 0.196. The number of carbonyl (C=O) groups excluding carboxylic acids is 2. The van der Waals surface area contributed by atoms with E-state index in [0.717, 1.165) is 34.7 Å². The van der Waals surface area contributed by atoms with Crippen LogP contribution in [0.25, 0.3) is 6.08 Å². The molecule has 0 spiro atoms. The Morgan fingerprint density at radius 2 is 1.97 bits per heavy atom. The normalized spacial score (nSPS) is 14.0. The predicted octanol–water partition coefficient (Wildman–Crippen LogP) is 4.77. The van der Waals surface area contributed by atoms with Crippen molar-refractivity contribution < 1.29 is 14.0 Å². The molecule has 0 atom stereocenters. The second-order valence-electron chi connectivity index (χ2n) is 6.70.